The van der Waals surface area contributed by atoms with Gasteiger partial charge in [0.05, 0.1) is 5.75 Å². The van der Waals surface area contributed by atoms with Crippen molar-refractivity contribution in [3.63, 3.8) is 0 Å². The van der Waals surface area contributed by atoms with Gasteiger partial charge in [0.2, 0.25) is 15.9 Å². The lowest BCUT2D eigenvalue weighted by molar-refractivity contribution is 0.459. The topological polar surface area (TPSA) is 99.0 Å². The molecule has 0 radical (unpaired) electrons. The van der Waals surface area contributed by atoms with Crippen molar-refractivity contribution in [2.45, 2.75) is 19.6 Å². The molecular weight excluding hydrogens is 450 g/mol. The average molecular weight is 470 g/mol. The second-order valence-corrected chi connectivity index (χ2v) is 9.23. The number of aryl methyl sites for hydroxylation is 2. The maximum absolute atomic E-state index is 12.4. The number of nitrogens with zero attached hydrogens (tertiary/aromatic N) is 4. The van der Waals surface area contributed by atoms with Gasteiger partial charge in [0.15, 0.2) is 0 Å². The molecule has 0 aliphatic rings. The Hall–Kier alpha value is -3.43. The summed E-state index contributed by atoms with van der Waals surface area (Å²) in [6, 6.07) is 15.0. The number of aromatic nitrogens is 4. The maximum atomic E-state index is 12.4. The molecule has 0 unspecified atom stereocenters. The number of benzene rings is 2. The molecular formula is C22H20ClN5O3S. The minimum absolute atomic E-state index is 0.154. The monoisotopic (exact) mass is 469 g/mol. The minimum atomic E-state index is -3.58. The Bertz CT molecular complexity index is 1340. The molecule has 0 spiro atoms. The van der Waals surface area contributed by atoms with E-state index in [9.17, 15) is 8.42 Å². The minimum Gasteiger partial charge on any atom is -0.439 e. The fraction of sp³-hybridized carbons (Fsp3) is 0.136. The van der Waals surface area contributed by atoms with E-state index in [0.717, 1.165) is 5.82 Å². The zero-order valence-electron chi connectivity index (χ0n) is 17.4. The van der Waals surface area contributed by atoms with Crippen molar-refractivity contribution in [3.05, 3.63) is 89.2 Å². The van der Waals surface area contributed by atoms with Gasteiger partial charge in [-0.05, 0) is 55.8 Å². The number of anilines is 1. The number of imidazole rings is 1. The van der Waals surface area contributed by atoms with E-state index in [-0.39, 0.29) is 5.75 Å². The molecule has 2 heterocycles. The summed E-state index contributed by atoms with van der Waals surface area (Å²) < 4.78 is 35.1. The number of halogens is 1. The van der Waals surface area contributed by atoms with Crippen LogP contribution in [0.3, 0.4) is 0 Å². The predicted octanol–water partition coefficient (Wildman–Crippen LogP) is 4.67. The van der Waals surface area contributed by atoms with E-state index in [1.165, 1.54) is 0 Å². The number of hydrogen-bond donors (Lipinski definition) is 1. The summed E-state index contributed by atoms with van der Waals surface area (Å²) in [4.78, 5) is 12.9. The number of sulfonamides is 1. The van der Waals surface area contributed by atoms with Crippen LogP contribution in [0.25, 0.3) is 5.82 Å². The zero-order chi connectivity index (χ0) is 22.7. The van der Waals surface area contributed by atoms with E-state index in [0.29, 0.717) is 39.5 Å². The predicted molar refractivity (Wildman–Crippen MR) is 123 cm³/mol. The molecule has 4 aromatic rings. The zero-order valence-corrected chi connectivity index (χ0v) is 18.9. The van der Waals surface area contributed by atoms with E-state index < -0.39 is 10.0 Å². The third kappa shape index (κ3) is 5.43. The first-order valence-corrected chi connectivity index (χ1v) is 11.7. The van der Waals surface area contributed by atoms with Gasteiger partial charge in [-0.25, -0.2) is 18.4 Å². The first-order valence-electron chi connectivity index (χ1n) is 9.66. The Morgan fingerprint density at radius 1 is 1.03 bits per heavy atom. The van der Waals surface area contributed by atoms with Crippen LogP contribution >= 0.6 is 11.6 Å². The van der Waals surface area contributed by atoms with Gasteiger partial charge in [-0.15, -0.1) is 0 Å². The lowest BCUT2D eigenvalue weighted by atomic mass is 10.2. The highest BCUT2D eigenvalue weighted by Crippen LogP contribution is 2.24. The molecule has 0 atom stereocenters. The van der Waals surface area contributed by atoms with Gasteiger partial charge in [-0.1, -0.05) is 23.7 Å². The van der Waals surface area contributed by atoms with Crippen LogP contribution in [0.5, 0.6) is 11.6 Å². The second-order valence-electron chi connectivity index (χ2n) is 7.07. The van der Waals surface area contributed by atoms with Crippen molar-refractivity contribution in [1.82, 2.24) is 19.5 Å². The SMILES string of the molecule is Cc1nc(Oc2ccc(NS(=O)(=O)Cc3ccc(Cl)cc3)cc2)cc(-n2ccnc2C)n1. The van der Waals surface area contributed by atoms with Crippen molar-refractivity contribution in [3.8, 4) is 17.4 Å². The fourth-order valence-corrected chi connectivity index (χ4v) is 4.37. The van der Waals surface area contributed by atoms with Crippen molar-refractivity contribution >= 4 is 27.3 Å². The Labute approximate surface area is 191 Å². The molecule has 4 rings (SSSR count). The van der Waals surface area contributed by atoms with Gasteiger partial charge in [-0.3, -0.25) is 9.29 Å². The molecule has 1 N–H and O–H groups in total. The van der Waals surface area contributed by atoms with Crippen LogP contribution in [-0.4, -0.2) is 27.9 Å². The summed E-state index contributed by atoms with van der Waals surface area (Å²) in [6.07, 6.45) is 3.51. The molecule has 10 heteroatoms. The van der Waals surface area contributed by atoms with Crippen molar-refractivity contribution in [2.24, 2.45) is 0 Å². The van der Waals surface area contributed by atoms with Crippen molar-refractivity contribution in [1.29, 1.82) is 0 Å². The summed E-state index contributed by atoms with van der Waals surface area (Å²) in [5.74, 6) is 2.73. The molecule has 0 saturated carbocycles. The standard InChI is InChI=1S/C22H20ClN5O3S/c1-15-25-21(28-12-11-24-16(28)2)13-22(26-15)31-20-9-7-19(8-10-20)27-32(29,30)14-17-3-5-18(23)6-4-17/h3-13,27H,14H2,1-2H3. The summed E-state index contributed by atoms with van der Waals surface area (Å²) >= 11 is 5.85. The van der Waals surface area contributed by atoms with Crippen LogP contribution in [0.4, 0.5) is 5.69 Å². The number of rotatable bonds is 7. The third-order valence-electron chi connectivity index (χ3n) is 4.49. The highest BCUT2D eigenvalue weighted by molar-refractivity contribution is 7.91. The molecule has 0 bridgehead atoms. The van der Waals surface area contributed by atoms with Crippen molar-refractivity contribution in [2.75, 3.05) is 4.72 Å². The Morgan fingerprint density at radius 2 is 1.75 bits per heavy atom. The number of hydrogen-bond acceptors (Lipinski definition) is 6. The van der Waals surface area contributed by atoms with Crippen LogP contribution in [0, 0.1) is 13.8 Å². The third-order valence-corrected chi connectivity index (χ3v) is 6.01. The molecule has 32 heavy (non-hydrogen) atoms. The fourth-order valence-electron chi connectivity index (χ4n) is 3.05. The van der Waals surface area contributed by atoms with Gasteiger partial charge >= 0.3 is 0 Å². The maximum Gasteiger partial charge on any atom is 0.236 e. The van der Waals surface area contributed by atoms with E-state index in [2.05, 4.69) is 19.7 Å². The van der Waals surface area contributed by atoms with Crippen LogP contribution < -0.4 is 9.46 Å². The van der Waals surface area contributed by atoms with E-state index in [4.69, 9.17) is 16.3 Å². The smallest absolute Gasteiger partial charge is 0.236 e. The summed E-state index contributed by atoms with van der Waals surface area (Å²) in [5, 5.41) is 0.556. The molecule has 0 aliphatic heterocycles. The Kier molecular flexibility index (Phi) is 6.11. The van der Waals surface area contributed by atoms with Crippen LogP contribution in [0.15, 0.2) is 67.0 Å². The first-order chi connectivity index (χ1) is 15.3. The molecule has 8 nitrogen and oxygen atoms in total. The molecule has 0 fully saturated rings. The van der Waals surface area contributed by atoms with Gasteiger partial charge in [0.25, 0.3) is 0 Å². The van der Waals surface area contributed by atoms with Crippen LogP contribution in [0.1, 0.15) is 17.2 Å². The molecule has 164 valence electrons. The Morgan fingerprint density at radius 3 is 2.41 bits per heavy atom. The molecule has 0 amide bonds. The van der Waals surface area contributed by atoms with E-state index in [1.54, 1.807) is 67.7 Å². The average Bonchev–Trinajstić information content (AvgIpc) is 3.16. The highest BCUT2D eigenvalue weighted by Gasteiger charge is 2.13. The van der Waals surface area contributed by atoms with E-state index >= 15 is 0 Å². The van der Waals surface area contributed by atoms with Gasteiger partial charge in [0, 0.05) is 29.2 Å². The molecule has 2 aromatic carbocycles. The highest BCUT2D eigenvalue weighted by atomic mass is 35.5. The summed E-state index contributed by atoms with van der Waals surface area (Å²) in [5.41, 5.74) is 1.07. The first kappa shape index (κ1) is 21.8. The second kappa shape index (κ2) is 8.97. The normalized spacial score (nSPS) is 11.3. The van der Waals surface area contributed by atoms with Crippen molar-refractivity contribution < 1.29 is 13.2 Å². The molecule has 0 saturated heterocycles. The lowest BCUT2D eigenvalue weighted by Gasteiger charge is -2.11. The lowest BCUT2D eigenvalue weighted by Crippen LogP contribution is -2.14. The number of ether oxygens (including phenoxy) is 1. The molecule has 2 aromatic heterocycles. The summed E-state index contributed by atoms with van der Waals surface area (Å²) in [7, 11) is -3.58. The number of nitrogens with one attached hydrogen (secondary N) is 1. The van der Waals surface area contributed by atoms with E-state index in [1.807, 2.05) is 17.7 Å². The van der Waals surface area contributed by atoms with Crippen LogP contribution in [-0.2, 0) is 15.8 Å². The molecule has 0 aliphatic carbocycles. The van der Waals surface area contributed by atoms with Crippen LogP contribution in [0.2, 0.25) is 5.02 Å². The quantitative estimate of drug-likeness (QED) is 0.422. The van der Waals surface area contributed by atoms with Gasteiger partial charge in [-0.2, -0.15) is 4.98 Å². The Balaban J connectivity index is 1.45. The summed E-state index contributed by atoms with van der Waals surface area (Å²) in [6.45, 7) is 3.66. The van der Waals surface area contributed by atoms with Gasteiger partial charge in [0.1, 0.15) is 23.2 Å². The van der Waals surface area contributed by atoms with Gasteiger partial charge < -0.3 is 4.74 Å². The largest absolute Gasteiger partial charge is 0.439 e.